The molecule has 1 heterocycles. The number of hydrogen-bond donors (Lipinski definition) is 0. The maximum absolute atomic E-state index is 5.97. The van der Waals surface area contributed by atoms with Crippen molar-refractivity contribution >= 4 is 11.6 Å². The molecule has 1 aromatic heterocycles. The molecule has 4 aromatic carbocycles. The maximum atomic E-state index is 5.97. The van der Waals surface area contributed by atoms with Gasteiger partial charge in [-0.25, -0.2) is 4.98 Å². The fourth-order valence-electron chi connectivity index (χ4n) is 3.94. The van der Waals surface area contributed by atoms with E-state index >= 15 is 0 Å². The Morgan fingerprint density at radius 1 is 0.727 bits per heavy atom. The van der Waals surface area contributed by atoms with Crippen molar-refractivity contribution in [1.82, 2.24) is 9.55 Å². The molecule has 0 spiro atoms. The van der Waals surface area contributed by atoms with Crippen molar-refractivity contribution in [3.63, 3.8) is 0 Å². The van der Waals surface area contributed by atoms with Gasteiger partial charge in [0.2, 0.25) is 0 Å². The summed E-state index contributed by atoms with van der Waals surface area (Å²) in [4.78, 5) is 4.27. The van der Waals surface area contributed by atoms with E-state index in [0.717, 1.165) is 16.3 Å². The van der Waals surface area contributed by atoms with E-state index in [4.69, 9.17) is 16.3 Å². The van der Waals surface area contributed by atoms with Crippen LogP contribution in [0.2, 0.25) is 5.02 Å². The number of ether oxygens (including phenoxy) is 1. The van der Waals surface area contributed by atoms with Crippen molar-refractivity contribution in [3.8, 4) is 16.9 Å². The lowest BCUT2D eigenvalue weighted by Crippen LogP contribution is -2.10. The molecular weight excluding hydrogens is 428 g/mol. The van der Waals surface area contributed by atoms with Crippen molar-refractivity contribution in [3.05, 3.63) is 144 Å². The second kappa shape index (κ2) is 9.76. The molecule has 162 valence electrons. The first-order valence-corrected chi connectivity index (χ1v) is 11.2. The zero-order chi connectivity index (χ0) is 22.5. The van der Waals surface area contributed by atoms with Gasteiger partial charge in [0.15, 0.2) is 0 Å². The number of halogens is 1. The molecule has 4 heteroatoms. The third-order valence-corrected chi connectivity index (χ3v) is 5.92. The Balaban J connectivity index is 1.37. The quantitative estimate of drug-likeness (QED) is 0.258. The molecule has 0 amide bonds. The number of aromatic nitrogens is 2. The fourth-order valence-corrected chi connectivity index (χ4v) is 4.07. The van der Waals surface area contributed by atoms with Crippen LogP contribution in [0.4, 0.5) is 0 Å². The highest BCUT2D eigenvalue weighted by atomic mass is 35.5. The van der Waals surface area contributed by atoms with Crippen molar-refractivity contribution in [2.45, 2.75) is 12.6 Å². The van der Waals surface area contributed by atoms with E-state index in [1.165, 1.54) is 22.3 Å². The molecular formula is C29H23ClN2O. The molecule has 5 aromatic rings. The van der Waals surface area contributed by atoms with E-state index in [2.05, 4.69) is 70.2 Å². The largest absolute Gasteiger partial charge is 0.489 e. The Hall–Kier alpha value is -3.82. The van der Waals surface area contributed by atoms with Crippen LogP contribution in [-0.4, -0.2) is 9.55 Å². The van der Waals surface area contributed by atoms with Crippen LogP contribution < -0.4 is 4.74 Å². The lowest BCUT2D eigenvalue weighted by Gasteiger charge is -2.20. The molecule has 0 bridgehead atoms. The van der Waals surface area contributed by atoms with Gasteiger partial charge in [0, 0.05) is 17.4 Å². The van der Waals surface area contributed by atoms with E-state index in [-0.39, 0.29) is 6.04 Å². The van der Waals surface area contributed by atoms with E-state index in [0.29, 0.717) is 6.61 Å². The predicted molar refractivity (Wildman–Crippen MR) is 134 cm³/mol. The highest BCUT2D eigenvalue weighted by Gasteiger charge is 2.16. The summed E-state index contributed by atoms with van der Waals surface area (Å²) in [7, 11) is 0. The first-order valence-electron chi connectivity index (χ1n) is 10.9. The lowest BCUT2D eigenvalue weighted by atomic mass is 9.96. The lowest BCUT2D eigenvalue weighted by molar-refractivity contribution is 0.306. The minimum absolute atomic E-state index is 0.0302. The van der Waals surface area contributed by atoms with E-state index < -0.39 is 0 Å². The third-order valence-electron chi connectivity index (χ3n) is 5.67. The first kappa shape index (κ1) is 21.0. The van der Waals surface area contributed by atoms with E-state index in [1.54, 1.807) is 0 Å². The molecule has 1 atom stereocenters. The van der Waals surface area contributed by atoms with Gasteiger partial charge in [0.25, 0.3) is 0 Å². The highest BCUT2D eigenvalue weighted by Crippen LogP contribution is 2.30. The van der Waals surface area contributed by atoms with Crippen LogP contribution in [0.5, 0.6) is 5.75 Å². The maximum Gasteiger partial charge on any atom is 0.119 e. The van der Waals surface area contributed by atoms with Crippen LogP contribution in [0.3, 0.4) is 0 Å². The summed E-state index contributed by atoms with van der Waals surface area (Å²) >= 11 is 5.96. The number of benzene rings is 4. The molecule has 0 fully saturated rings. The standard InChI is InChI=1S/C29H23ClN2O/c30-27-14-6-22(7-15-27)20-33-28-16-12-26(13-17-28)29(32-19-18-31-21-32)25-10-8-24(9-11-25)23-4-2-1-3-5-23/h1-19,21,29H,20H2. The number of imidazole rings is 1. The third kappa shape index (κ3) is 5.00. The van der Waals surface area contributed by atoms with Crippen LogP contribution in [-0.2, 0) is 6.61 Å². The SMILES string of the molecule is Clc1ccc(COc2ccc(C(c3ccc(-c4ccccc4)cc3)n3ccnc3)cc2)cc1. The van der Waals surface area contributed by atoms with Crippen LogP contribution in [0.15, 0.2) is 122 Å². The first-order chi connectivity index (χ1) is 16.3. The van der Waals surface area contributed by atoms with Gasteiger partial charge in [0.1, 0.15) is 12.4 Å². The second-order valence-electron chi connectivity index (χ2n) is 7.88. The van der Waals surface area contributed by atoms with Gasteiger partial charge in [-0.2, -0.15) is 0 Å². The Morgan fingerprint density at radius 2 is 1.36 bits per heavy atom. The van der Waals surface area contributed by atoms with Gasteiger partial charge >= 0.3 is 0 Å². The summed E-state index contributed by atoms with van der Waals surface area (Å²) in [6, 6.07) is 35.2. The van der Waals surface area contributed by atoms with Gasteiger partial charge in [-0.05, 0) is 52.1 Å². The molecule has 3 nitrogen and oxygen atoms in total. The molecule has 0 saturated heterocycles. The number of nitrogens with zero attached hydrogens (tertiary/aromatic N) is 2. The molecule has 33 heavy (non-hydrogen) atoms. The van der Waals surface area contributed by atoms with Crippen molar-refractivity contribution in [1.29, 1.82) is 0 Å². The monoisotopic (exact) mass is 450 g/mol. The number of hydrogen-bond acceptors (Lipinski definition) is 2. The summed E-state index contributed by atoms with van der Waals surface area (Å²) in [5.41, 5.74) is 5.86. The van der Waals surface area contributed by atoms with E-state index in [9.17, 15) is 0 Å². The Kier molecular flexibility index (Phi) is 6.23. The van der Waals surface area contributed by atoms with Crippen LogP contribution in [0.25, 0.3) is 11.1 Å². The summed E-state index contributed by atoms with van der Waals surface area (Å²) in [5, 5.41) is 0.727. The average Bonchev–Trinajstić information content (AvgIpc) is 3.40. The van der Waals surface area contributed by atoms with Gasteiger partial charge in [-0.15, -0.1) is 0 Å². The molecule has 0 aliphatic rings. The summed E-state index contributed by atoms with van der Waals surface area (Å²) < 4.78 is 8.09. The smallest absolute Gasteiger partial charge is 0.119 e. The van der Waals surface area contributed by atoms with Gasteiger partial charge in [-0.3, -0.25) is 0 Å². The Morgan fingerprint density at radius 3 is 2.00 bits per heavy atom. The zero-order valence-electron chi connectivity index (χ0n) is 18.0. The summed E-state index contributed by atoms with van der Waals surface area (Å²) in [5.74, 6) is 0.831. The van der Waals surface area contributed by atoms with Crippen LogP contribution in [0.1, 0.15) is 22.7 Å². The molecule has 0 aliphatic carbocycles. The van der Waals surface area contributed by atoms with Gasteiger partial charge in [0.05, 0.1) is 12.4 Å². The topological polar surface area (TPSA) is 27.1 Å². The molecule has 5 rings (SSSR count). The highest BCUT2D eigenvalue weighted by molar-refractivity contribution is 6.30. The van der Waals surface area contributed by atoms with Crippen molar-refractivity contribution in [2.75, 3.05) is 0 Å². The minimum atomic E-state index is 0.0302. The van der Waals surface area contributed by atoms with Gasteiger partial charge in [-0.1, -0.05) is 90.5 Å². The predicted octanol–water partition coefficient (Wildman–Crippen LogP) is 7.42. The number of rotatable bonds is 7. The molecule has 0 N–H and O–H groups in total. The Bertz CT molecular complexity index is 1280. The molecule has 0 aliphatic heterocycles. The second-order valence-corrected chi connectivity index (χ2v) is 8.32. The Labute approximate surface area is 198 Å². The molecule has 0 saturated carbocycles. The van der Waals surface area contributed by atoms with Crippen molar-refractivity contribution < 1.29 is 4.74 Å². The van der Waals surface area contributed by atoms with Crippen LogP contribution in [0, 0.1) is 0 Å². The van der Waals surface area contributed by atoms with Crippen LogP contribution >= 0.6 is 11.6 Å². The van der Waals surface area contributed by atoms with E-state index in [1.807, 2.05) is 61.2 Å². The summed E-state index contributed by atoms with van der Waals surface area (Å²) in [6.07, 6.45) is 5.68. The fraction of sp³-hybridized carbons (Fsp3) is 0.0690. The minimum Gasteiger partial charge on any atom is -0.489 e. The molecule has 0 radical (unpaired) electrons. The normalized spacial score (nSPS) is 11.8. The summed E-state index contributed by atoms with van der Waals surface area (Å²) in [6.45, 7) is 0.502. The van der Waals surface area contributed by atoms with Crippen molar-refractivity contribution in [2.24, 2.45) is 0 Å². The van der Waals surface area contributed by atoms with Gasteiger partial charge < -0.3 is 9.30 Å². The molecule has 1 unspecified atom stereocenters. The zero-order valence-corrected chi connectivity index (χ0v) is 18.8. The average molecular weight is 451 g/mol.